The van der Waals surface area contributed by atoms with Crippen molar-refractivity contribution in [3.8, 4) is 0 Å². The zero-order valence-corrected chi connectivity index (χ0v) is 15.5. The maximum Gasteiger partial charge on any atom is 0.390 e. The number of hydrogen-bond donors (Lipinski definition) is 1. The molecule has 3 rings (SSSR count). The number of fused-ring (bicyclic) bond motifs is 1. The van der Waals surface area contributed by atoms with Crippen LogP contribution in [0, 0.1) is 6.92 Å². The number of carbonyl (C=O) groups is 1. The summed E-state index contributed by atoms with van der Waals surface area (Å²) >= 11 is 0.845. The molecule has 1 N–H and O–H groups in total. The summed E-state index contributed by atoms with van der Waals surface area (Å²) in [6.45, 7) is 2.80. The molecule has 11 heteroatoms. The number of nitrogens with zero attached hydrogens (tertiary/aromatic N) is 3. The zero-order valence-electron chi connectivity index (χ0n) is 14.7. The molecule has 148 valence electrons. The molecule has 0 aliphatic carbocycles. The van der Waals surface area contributed by atoms with Crippen LogP contribution in [0.4, 0.5) is 13.2 Å². The van der Waals surface area contributed by atoms with Crippen LogP contribution in [-0.4, -0.2) is 50.4 Å². The number of hydrogen-bond acceptors (Lipinski definition) is 5. The highest BCUT2D eigenvalue weighted by molar-refractivity contribution is 7.20. The number of rotatable bonds is 4. The van der Waals surface area contributed by atoms with E-state index in [2.05, 4.69) is 0 Å². The average Bonchev–Trinajstić information content (AvgIpc) is 2.88. The Balaban J connectivity index is 2.19. The first-order chi connectivity index (χ1) is 12.5. The van der Waals surface area contributed by atoms with E-state index in [9.17, 15) is 32.7 Å². The van der Waals surface area contributed by atoms with E-state index in [0.717, 1.165) is 20.5 Å². The van der Waals surface area contributed by atoms with E-state index in [4.69, 9.17) is 0 Å². The van der Waals surface area contributed by atoms with E-state index in [1.54, 1.807) is 13.8 Å². The van der Waals surface area contributed by atoms with Crippen LogP contribution >= 0.6 is 11.3 Å². The second-order valence-electron chi connectivity index (χ2n) is 6.45. The van der Waals surface area contributed by atoms with Gasteiger partial charge in [-0.1, -0.05) is 0 Å². The maximum absolute atomic E-state index is 12.7. The van der Waals surface area contributed by atoms with Gasteiger partial charge in [-0.2, -0.15) is 13.2 Å². The normalized spacial score (nSPS) is 15.4. The Morgan fingerprint density at radius 2 is 1.89 bits per heavy atom. The van der Waals surface area contributed by atoms with Crippen molar-refractivity contribution in [2.75, 3.05) is 13.1 Å². The van der Waals surface area contributed by atoms with E-state index in [0.29, 0.717) is 5.56 Å². The van der Waals surface area contributed by atoms with Crippen molar-refractivity contribution in [2.45, 2.75) is 45.6 Å². The van der Waals surface area contributed by atoms with Crippen molar-refractivity contribution in [3.63, 3.8) is 0 Å². The van der Waals surface area contributed by atoms with Crippen molar-refractivity contribution in [1.29, 1.82) is 0 Å². The van der Waals surface area contributed by atoms with Crippen LogP contribution in [0.3, 0.4) is 0 Å². The highest BCUT2D eigenvalue weighted by Crippen LogP contribution is 2.31. The molecule has 7 nitrogen and oxygen atoms in total. The Bertz CT molecular complexity index is 1020. The van der Waals surface area contributed by atoms with Crippen molar-refractivity contribution < 1.29 is 23.1 Å². The van der Waals surface area contributed by atoms with E-state index < -0.39 is 42.4 Å². The summed E-state index contributed by atoms with van der Waals surface area (Å²) < 4.78 is 39.8. The lowest BCUT2D eigenvalue weighted by atomic mass is 10.1. The number of amides is 1. The molecule has 2 aromatic rings. The molecule has 2 aromatic heterocycles. The van der Waals surface area contributed by atoms with Crippen molar-refractivity contribution >= 4 is 27.5 Å². The minimum absolute atomic E-state index is 0.0104. The van der Waals surface area contributed by atoms with Gasteiger partial charge in [0.2, 0.25) is 0 Å². The molecule has 0 atom stereocenters. The van der Waals surface area contributed by atoms with Gasteiger partial charge in [-0.3, -0.25) is 18.7 Å². The van der Waals surface area contributed by atoms with Gasteiger partial charge in [0.1, 0.15) is 4.83 Å². The summed E-state index contributed by atoms with van der Waals surface area (Å²) in [5.74, 6) is -0.406. The monoisotopic (exact) mass is 405 g/mol. The van der Waals surface area contributed by atoms with Crippen LogP contribution < -0.4 is 11.2 Å². The SMILES string of the molecule is CCn1c(=O)c2c(C)c(C(=O)N3CC(O)C3)sc2n(CCC(F)(F)F)c1=O. The molecule has 1 fully saturated rings. The Kier molecular flexibility index (Phi) is 4.93. The molecule has 1 saturated heterocycles. The second kappa shape index (κ2) is 6.79. The Labute approximate surface area is 155 Å². The number of thiophene rings is 1. The standard InChI is InChI=1S/C16H18F3N3O4S/c1-3-21-12(24)10-8(2)11(13(25)20-6-9(23)7-20)27-14(10)22(15(21)26)5-4-16(17,18)19/h9,23H,3-7H2,1-2H3. The lowest BCUT2D eigenvalue weighted by molar-refractivity contribution is -0.136. The lowest BCUT2D eigenvalue weighted by Gasteiger charge is -2.35. The van der Waals surface area contributed by atoms with Gasteiger partial charge < -0.3 is 10.0 Å². The molecule has 0 saturated carbocycles. The number of halogens is 3. The minimum atomic E-state index is -4.46. The van der Waals surface area contributed by atoms with Crippen molar-refractivity contribution in [2.24, 2.45) is 0 Å². The van der Waals surface area contributed by atoms with Crippen LogP contribution in [0.2, 0.25) is 0 Å². The predicted octanol–water partition coefficient (Wildman–Crippen LogP) is 1.32. The second-order valence-corrected chi connectivity index (χ2v) is 7.45. The van der Waals surface area contributed by atoms with E-state index in [1.807, 2.05) is 0 Å². The minimum Gasteiger partial charge on any atom is -0.389 e. The summed E-state index contributed by atoms with van der Waals surface area (Å²) in [7, 11) is 0. The van der Waals surface area contributed by atoms with Crippen LogP contribution in [0.5, 0.6) is 0 Å². The number of likely N-dealkylation sites (tertiary alicyclic amines) is 1. The average molecular weight is 405 g/mol. The smallest absolute Gasteiger partial charge is 0.389 e. The summed E-state index contributed by atoms with van der Waals surface area (Å²) in [6.07, 6.45) is -6.29. The largest absolute Gasteiger partial charge is 0.390 e. The molecular formula is C16H18F3N3O4S. The van der Waals surface area contributed by atoms with Crippen LogP contribution in [-0.2, 0) is 13.1 Å². The first kappa shape index (κ1) is 19.6. The molecule has 3 heterocycles. The van der Waals surface area contributed by atoms with Crippen LogP contribution in [0.25, 0.3) is 10.2 Å². The molecular weight excluding hydrogens is 387 g/mol. The Hall–Kier alpha value is -2.14. The predicted molar refractivity (Wildman–Crippen MR) is 93.3 cm³/mol. The number of aliphatic hydroxyl groups is 1. The third-order valence-electron chi connectivity index (χ3n) is 4.57. The van der Waals surface area contributed by atoms with E-state index >= 15 is 0 Å². The fourth-order valence-electron chi connectivity index (χ4n) is 3.08. The number of aliphatic hydroxyl groups excluding tert-OH is 1. The van der Waals surface area contributed by atoms with Gasteiger partial charge >= 0.3 is 11.9 Å². The highest BCUT2D eigenvalue weighted by Gasteiger charge is 2.33. The molecule has 0 spiro atoms. The molecule has 0 bridgehead atoms. The number of carbonyl (C=O) groups excluding carboxylic acids is 1. The molecule has 1 aliphatic heterocycles. The maximum atomic E-state index is 12.7. The molecule has 0 unspecified atom stereocenters. The van der Waals surface area contributed by atoms with E-state index in [1.165, 1.54) is 4.90 Å². The van der Waals surface area contributed by atoms with Crippen molar-refractivity contribution in [1.82, 2.24) is 14.0 Å². The third-order valence-corrected chi connectivity index (χ3v) is 5.88. The summed E-state index contributed by atoms with van der Waals surface area (Å²) in [5, 5.41) is 9.46. The van der Waals surface area contributed by atoms with Gasteiger partial charge in [-0.25, -0.2) is 4.79 Å². The summed E-state index contributed by atoms with van der Waals surface area (Å²) in [5.41, 5.74) is -1.09. The quantitative estimate of drug-likeness (QED) is 0.832. The number of β-amino-alcohol motifs (C(OH)–C–C–N with tert-alkyl or cyclic N) is 1. The van der Waals surface area contributed by atoms with Gasteiger partial charge in [-0.05, 0) is 19.4 Å². The Morgan fingerprint density at radius 3 is 2.41 bits per heavy atom. The number of aryl methyl sites for hydroxylation is 2. The summed E-state index contributed by atoms with van der Waals surface area (Å²) in [6, 6.07) is 0. The van der Waals surface area contributed by atoms with Crippen molar-refractivity contribution in [3.05, 3.63) is 31.3 Å². The molecule has 1 amide bonds. The molecule has 0 aromatic carbocycles. The molecule has 0 radical (unpaired) electrons. The lowest BCUT2D eigenvalue weighted by Crippen LogP contribution is -2.53. The summed E-state index contributed by atoms with van der Waals surface area (Å²) in [4.78, 5) is 39.4. The Morgan fingerprint density at radius 1 is 1.26 bits per heavy atom. The van der Waals surface area contributed by atoms with Crippen LogP contribution in [0.15, 0.2) is 9.59 Å². The van der Waals surface area contributed by atoms with Crippen LogP contribution in [0.1, 0.15) is 28.6 Å². The van der Waals surface area contributed by atoms with Gasteiger partial charge in [0.25, 0.3) is 11.5 Å². The van der Waals surface area contributed by atoms with Gasteiger partial charge in [-0.15, -0.1) is 11.3 Å². The number of aromatic nitrogens is 2. The molecule has 1 aliphatic rings. The first-order valence-corrected chi connectivity index (χ1v) is 9.17. The van der Waals surface area contributed by atoms with Gasteiger partial charge in [0.05, 0.1) is 22.8 Å². The number of alkyl halides is 3. The third kappa shape index (κ3) is 3.41. The molecule has 27 heavy (non-hydrogen) atoms. The van der Waals surface area contributed by atoms with Gasteiger partial charge in [0, 0.05) is 26.2 Å². The highest BCUT2D eigenvalue weighted by atomic mass is 32.1. The fourth-order valence-corrected chi connectivity index (χ4v) is 4.36. The van der Waals surface area contributed by atoms with E-state index in [-0.39, 0.29) is 34.7 Å². The van der Waals surface area contributed by atoms with Gasteiger partial charge in [0.15, 0.2) is 0 Å². The fraction of sp³-hybridized carbons (Fsp3) is 0.562. The zero-order chi connectivity index (χ0) is 20.1. The topological polar surface area (TPSA) is 84.5 Å². The first-order valence-electron chi connectivity index (χ1n) is 8.36.